The van der Waals surface area contributed by atoms with Gasteiger partial charge in [-0.05, 0) is 32.3 Å². The number of nitrogens with two attached hydrogens (primary N) is 2. The summed E-state index contributed by atoms with van der Waals surface area (Å²) in [6.07, 6.45) is 0. The number of hydrogen-bond acceptors (Lipinski definition) is 4. The van der Waals surface area contributed by atoms with Crippen molar-refractivity contribution in [2.45, 2.75) is 0 Å². The highest BCUT2D eigenvalue weighted by atomic mass is 16.5. The second-order valence-electron chi connectivity index (χ2n) is 3.77. The number of nitrogens with zero attached hydrogens (tertiary/aromatic N) is 1. The topological polar surface area (TPSA) is 81.6 Å². The van der Waals surface area contributed by atoms with Crippen LogP contribution < -0.4 is 16.2 Å². The summed E-state index contributed by atoms with van der Waals surface area (Å²) in [6, 6.07) is 4.78. The van der Waals surface area contributed by atoms with Crippen LogP contribution in [0, 0.1) is 0 Å². The first-order valence-corrected chi connectivity index (χ1v) is 4.97. The summed E-state index contributed by atoms with van der Waals surface area (Å²) in [5.74, 6) is 0.0818. The van der Waals surface area contributed by atoms with E-state index in [0.717, 1.165) is 6.54 Å². The van der Waals surface area contributed by atoms with Crippen LogP contribution in [0.3, 0.4) is 0 Å². The van der Waals surface area contributed by atoms with Gasteiger partial charge in [-0.15, -0.1) is 0 Å². The van der Waals surface area contributed by atoms with Gasteiger partial charge in [0.05, 0.1) is 5.69 Å². The molecular weight excluding hydrogens is 206 g/mol. The molecule has 4 N–H and O–H groups in total. The van der Waals surface area contributed by atoms with Gasteiger partial charge in [-0.3, -0.25) is 4.79 Å². The molecule has 1 aromatic rings. The van der Waals surface area contributed by atoms with Crippen molar-refractivity contribution < 1.29 is 9.53 Å². The first-order chi connectivity index (χ1) is 7.50. The largest absolute Gasteiger partial charge is 0.490 e. The van der Waals surface area contributed by atoms with Gasteiger partial charge in [0.15, 0.2) is 0 Å². The van der Waals surface area contributed by atoms with E-state index in [1.54, 1.807) is 12.1 Å². The molecule has 1 aromatic carbocycles. The molecule has 0 aromatic heterocycles. The normalized spacial score (nSPS) is 10.4. The van der Waals surface area contributed by atoms with Gasteiger partial charge in [0.2, 0.25) is 5.91 Å². The number of primary amides is 1. The molecular formula is C11H17N3O2. The Bertz CT molecular complexity index is 377. The first-order valence-electron chi connectivity index (χ1n) is 4.97. The van der Waals surface area contributed by atoms with E-state index in [2.05, 4.69) is 0 Å². The summed E-state index contributed by atoms with van der Waals surface area (Å²) < 4.78 is 5.46. The summed E-state index contributed by atoms with van der Waals surface area (Å²) in [7, 11) is 3.92. The third-order valence-electron chi connectivity index (χ3n) is 2.09. The molecule has 0 heterocycles. The number of benzene rings is 1. The Hall–Kier alpha value is -1.75. The maximum atomic E-state index is 10.9. The van der Waals surface area contributed by atoms with Crippen LogP contribution in [-0.2, 0) is 0 Å². The van der Waals surface area contributed by atoms with Crippen molar-refractivity contribution in [1.82, 2.24) is 4.90 Å². The summed E-state index contributed by atoms with van der Waals surface area (Å²) in [5, 5.41) is 0. The molecule has 88 valence electrons. The SMILES string of the molecule is CN(C)CCOc1ccc(C(N)=O)cc1N. The summed E-state index contributed by atoms with van der Waals surface area (Å²) in [4.78, 5) is 12.9. The minimum Gasteiger partial charge on any atom is -0.490 e. The average molecular weight is 223 g/mol. The van der Waals surface area contributed by atoms with Crippen molar-refractivity contribution in [3.8, 4) is 5.75 Å². The van der Waals surface area contributed by atoms with E-state index in [9.17, 15) is 4.79 Å². The molecule has 0 aliphatic carbocycles. The fourth-order valence-electron chi connectivity index (χ4n) is 1.17. The van der Waals surface area contributed by atoms with Crippen molar-refractivity contribution in [2.75, 3.05) is 33.0 Å². The Morgan fingerprint density at radius 1 is 1.44 bits per heavy atom. The van der Waals surface area contributed by atoms with Gasteiger partial charge in [-0.1, -0.05) is 0 Å². The summed E-state index contributed by atoms with van der Waals surface area (Å²) in [6.45, 7) is 1.35. The molecule has 0 aliphatic heterocycles. The van der Waals surface area contributed by atoms with Crippen molar-refractivity contribution >= 4 is 11.6 Å². The van der Waals surface area contributed by atoms with Gasteiger partial charge in [-0.25, -0.2) is 0 Å². The lowest BCUT2D eigenvalue weighted by Gasteiger charge is -2.12. The summed E-state index contributed by atoms with van der Waals surface area (Å²) >= 11 is 0. The Balaban J connectivity index is 2.64. The molecule has 0 saturated carbocycles. The van der Waals surface area contributed by atoms with Crippen LogP contribution in [0.5, 0.6) is 5.75 Å². The smallest absolute Gasteiger partial charge is 0.248 e. The Morgan fingerprint density at radius 2 is 2.12 bits per heavy atom. The highest BCUT2D eigenvalue weighted by molar-refractivity contribution is 5.94. The zero-order chi connectivity index (χ0) is 12.1. The molecule has 0 unspecified atom stereocenters. The van der Waals surface area contributed by atoms with Gasteiger partial charge >= 0.3 is 0 Å². The van der Waals surface area contributed by atoms with Gasteiger partial charge in [0.25, 0.3) is 0 Å². The third kappa shape index (κ3) is 3.43. The monoisotopic (exact) mass is 223 g/mol. The zero-order valence-electron chi connectivity index (χ0n) is 9.56. The zero-order valence-corrected chi connectivity index (χ0v) is 9.56. The van der Waals surface area contributed by atoms with E-state index >= 15 is 0 Å². The quantitative estimate of drug-likeness (QED) is 0.704. The number of nitrogen functional groups attached to an aromatic ring is 1. The van der Waals surface area contributed by atoms with Gasteiger partial charge in [0.1, 0.15) is 12.4 Å². The van der Waals surface area contributed by atoms with Crippen LogP contribution >= 0.6 is 0 Å². The number of ether oxygens (including phenoxy) is 1. The molecule has 0 saturated heterocycles. The average Bonchev–Trinajstić information content (AvgIpc) is 2.19. The van der Waals surface area contributed by atoms with Crippen LogP contribution in [0.2, 0.25) is 0 Å². The van der Waals surface area contributed by atoms with Crippen molar-refractivity contribution in [3.63, 3.8) is 0 Å². The Labute approximate surface area is 95.0 Å². The van der Waals surface area contributed by atoms with Gasteiger partial charge in [-0.2, -0.15) is 0 Å². The highest BCUT2D eigenvalue weighted by Gasteiger charge is 2.05. The minimum absolute atomic E-state index is 0.387. The number of hydrogen-bond donors (Lipinski definition) is 2. The number of carbonyl (C=O) groups excluding carboxylic acids is 1. The van der Waals surface area contributed by atoms with Crippen LogP contribution in [-0.4, -0.2) is 38.1 Å². The highest BCUT2D eigenvalue weighted by Crippen LogP contribution is 2.22. The van der Waals surface area contributed by atoms with Crippen LogP contribution in [0.4, 0.5) is 5.69 Å². The number of amides is 1. The van der Waals surface area contributed by atoms with E-state index in [-0.39, 0.29) is 0 Å². The van der Waals surface area contributed by atoms with Crippen molar-refractivity contribution in [3.05, 3.63) is 23.8 Å². The van der Waals surface area contributed by atoms with E-state index in [4.69, 9.17) is 16.2 Å². The van der Waals surface area contributed by atoms with Crippen molar-refractivity contribution in [2.24, 2.45) is 5.73 Å². The fraction of sp³-hybridized carbons (Fsp3) is 0.364. The first kappa shape index (κ1) is 12.3. The van der Waals surface area contributed by atoms with Crippen LogP contribution in [0.25, 0.3) is 0 Å². The molecule has 0 radical (unpaired) electrons. The second kappa shape index (κ2) is 5.37. The fourth-order valence-corrected chi connectivity index (χ4v) is 1.17. The molecule has 0 atom stereocenters. The number of rotatable bonds is 5. The lowest BCUT2D eigenvalue weighted by atomic mass is 10.2. The standard InChI is InChI=1S/C11H17N3O2/c1-14(2)5-6-16-10-4-3-8(11(13)15)7-9(10)12/h3-4,7H,5-6,12H2,1-2H3,(H2,13,15). The van der Waals surface area contributed by atoms with Crippen molar-refractivity contribution in [1.29, 1.82) is 0 Å². The maximum Gasteiger partial charge on any atom is 0.248 e. The lowest BCUT2D eigenvalue weighted by molar-refractivity contribution is 0.100. The molecule has 0 aliphatic rings. The van der Waals surface area contributed by atoms with E-state index in [1.165, 1.54) is 6.07 Å². The molecule has 1 rings (SSSR count). The van der Waals surface area contributed by atoms with E-state index in [1.807, 2.05) is 19.0 Å². The molecule has 16 heavy (non-hydrogen) atoms. The minimum atomic E-state index is -0.494. The predicted octanol–water partition coefficient (Wildman–Crippen LogP) is 0.308. The van der Waals surface area contributed by atoms with Crippen LogP contribution in [0.15, 0.2) is 18.2 Å². The lowest BCUT2D eigenvalue weighted by Crippen LogP contribution is -2.19. The van der Waals surface area contributed by atoms with Crippen LogP contribution in [0.1, 0.15) is 10.4 Å². The third-order valence-corrected chi connectivity index (χ3v) is 2.09. The Morgan fingerprint density at radius 3 is 2.62 bits per heavy atom. The molecule has 5 nitrogen and oxygen atoms in total. The molecule has 0 bridgehead atoms. The summed E-state index contributed by atoms with van der Waals surface area (Å²) in [5.41, 5.74) is 11.7. The molecule has 0 fully saturated rings. The molecule has 0 spiro atoms. The second-order valence-corrected chi connectivity index (χ2v) is 3.77. The van der Waals surface area contributed by atoms with Gasteiger partial charge in [0, 0.05) is 12.1 Å². The van der Waals surface area contributed by atoms with Gasteiger partial charge < -0.3 is 21.1 Å². The van der Waals surface area contributed by atoms with E-state index in [0.29, 0.717) is 23.6 Å². The maximum absolute atomic E-state index is 10.9. The predicted molar refractivity (Wildman–Crippen MR) is 63.4 cm³/mol. The number of carbonyl (C=O) groups is 1. The Kier molecular flexibility index (Phi) is 4.13. The number of likely N-dealkylation sites (N-methyl/N-ethyl adjacent to an activating group) is 1. The van der Waals surface area contributed by atoms with E-state index < -0.39 is 5.91 Å². The molecule has 1 amide bonds. The number of anilines is 1. The molecule has 5 heteroatoms.